The Balaban J connectivity index is 2.86. The number of hydrogen-bond acceptors (Lipinski definition) is 8. The predicted molar refractivity (Wildman–Crippen MR) is 111 cm³/mol. The number of carbonyl (C=O) groups is 5. The molecule has 1 aliphatic heterocycles. The molecule has 3 amide bonds. The van der Waals surface area contributed by atoms with E-state index in [1.54, 1.807) is 6.26 Å². The number of amides is 3. The first-order valence-corrected chi connectivity index (χ1v) is 11.2. The van der Waals surface area contributed by atoms with Crippen molar-refractivity contribution in [3.8, 4) is 0 Å². The molecule has 176 valence electrons. The highest BCUT2D eigenvalue weighted by Gasteiger charge is 2.37. The van der Waals surface area contributed by atoms with Gasteiger partial charge in [-0.05, 0) is 37.7 Å². The minimum atomic E-state index is -1.41. The molecule has 0 saturated carbocycles. The van der Waals surface area contributed by atoms with Crippen LogP contribution in [0.3, 0.4) is 0 Å². The number of nitrogens with zero attached hydrogens (tertiary/aromatic N) is 1. The molecule has 31 heavy (non-hydrogen) atoms. The molecule has 1 saturated heterocycles. The molecular formula is C18H30N4O8S. The first-order chi connectivity index (χ1) is 14.6. The normalized spacial score (nSPS) is 18.7. The lowest BCUT2D eigenvalue weighted by Gasteiger charge is -2.28. The van der Waals surface area contributed by atoms with E-state index in [9.17, 15) is 29.1 Å². The van der Waals surface area contributed by atoms with Crippen LogP contribution in [0.2, 0.25) is 0 Å². The quantitative estimate of drug-likeness (QED) is 0.177. The Labute approximate surface area is 183 Å². The number of nitrogens with two attached hydrogens (primary N) is 1. The highest BCUT2D eigenvalue weighted by Crippen LogP contribution is 2.19. The SMILES string of the molecule is CSCCC(NC(=O)C1CCCN1C(=O)C(N)CO)C(=O)NC(CCC(=O)O)C(=O)O. The lowest BCUT2D eigenvalue weighted by atomic mass is 10.1. The molecule has 0 aromatic rings. The van der Waals surface area contributed by atoms with Gasteiger partial charge in [-0.25, -0.2) is 4.79 Å². The van der Waals surface area contributed by atoms with Gasteiger partial charge < -0.3 is 36.6 Å². The maximum absolute atomic E-state index is 12.8. The Kier molecular flexibility index (Phi) is 11.3. The van der Waals surface area contributed by atoms with Crippen molar-refractivity contribution in [2.45, 2.75) is 56.3 Å². The van der Waals surface area contributed by atoms with Gasteiger partial charge >= 0.3 is 11.9 Å². The van der Waals surface area contributed by atoms with Crippen LogP contribution in [0.5, 0.6) is 0 Å². The molecule has 4 atom stereocenters. The molecule has 1 rings (SSSR count). The summed E-state index contributed by atoms with van der Waals surface area (Å²) < 4.78 is 0. The summed E-state index contributed by atoms with van der Waals surface area (Å²) in [5, 5.41) is 31.9. The molecule has 12 nitrogen and oxygen atoms in total. The number of aliphatic hydroxyl groups is 1. The molecule has 0 aliphatic carbocycles. The van der Waals surface area contributed by atoms with Crippen molar-refractivity contribution in [1.82, 2.24) is 15.5 Å². The van der Waals surface area contributed by atoms with Crippen LogP contribution in [-0.4, -0.2) is 99.2 Å². The zero-order valence-electron chi connectivity index (χ0n) is 17.3. The third kappa shape index (κ3) is 8.34. The number of nitrogens with one attached hydrogen (secondary N) is 2. The number of hydrogen-bond donors (Lipinski definition) is 6. The second-order valence-corrected chi connectivity index (χ2v) is 8.14. The van der Waals surface area contributed by atoms with Gasteiger partial charge in [0.1, 0.15) is 24.2 Å². The summed E-state index contributed by atoms with van der Waals surface area (Å²) >= 11 is 1.42. The highest BCUT2D eigenvalue weighted by atomic mass is 32.2. The van der Waals surface area contributed by atoms with E-state index in [-0.39, 0.29) is 12.8 Å². The van der Waals surface area contributed by atoms with Crippen LogP contribution in [0.25, 0.3) is 0 Å². The van der Waals surface area contributed by atoms with Gasteiger partial charge in [0.25, 0.3) is 0 Å². The number of carboxylic acids is 2. The van der Waals surface area contributed by atoms with Crippen molar-refractivity contribution in [3.63, 3.8) is 0 Å². The molecule has 4 unspecified atom stereocenters. The largest absolute Gasteiger partial charge is 0.481 e. The molecule has 13 heteroatoms. The highest BCUT2D eigenvalue weighted by molar-refractivity contribution is 7.98. The fraction of sp³-hybridized carbons (Fsp3) is 0.722. The summed E-state index contributed by atoms with van der Waals surface area (Å²) in [5.74, 6) is -3.97. The van der Waals surface area contributed by atoms with Crippen LogP contribution in [0, 0.1) is 0 Å². The van der Waals surface area contributed by atoms with Crippen LogP contribution in [0.15, 0.2) is 0 Å². The molecule has 0 radical (unpaired) electrons. The average molecular weight is 463 g/mol. The third-order valence-electron chi connectivity index (χ3n) is 4.86. The van der Waals surface area contributed by atoms with Crippen LogP contribution in [-0.2, 0) is 24.0 Å². The Morgan fingerprint density at radius 1 is 1.13 bits per heavy atom. The molecule has 0 aromatic carbocycles. The van der Waals surface area contributed by atoms with E-state index in [4.69, 9.17) is 15.9 Å². The van der Waals surface area contributed by atoms with Crippen LogP contribution in [0.4, 0.5) is 0 Å². The Morgan fingerprint density at radius 2 is 1.81 bits per heavy atom. The number of carbonyl (C=O) groups excluding carboxylic acids is 3. The summed E-state index contributed by atoms with van der Waals surface area (Å²) in [5.41, 5.74) is 5.57. The standard InChI is InChI=1S/C18H30N4O8S/c1-31-8-6-11(15(26)21-12(18(29)30)4-5-14(24)25)20-16(27)13-3-2-7-22(13)17(28)10(19)9-23/h10-13,23H,2-9,19H2,1H3,(H,20,27)(H,21,26)(H,24,25)(H,29,30). The zero-order valence-corrected chi connectivity index (χ0v) is 18.1. The number of rotatable bonds is 13. The monoisotopic (exact) mass is 462 g/mol. The summed E-state index contributed by atoms with van der Waals surface area (Å²) in [7, 11) is 0. The molecule has 0 aromatic heterocycles. The van der Waals surface area contributed by atoms with Crippen molar-refractivity contribution in [3.05, 3.63) is 0 Å². The minimum Gasteiger partial charge on any atom is -0.481 e. The van der Waals surface area contributed by atoms with Gasteiger partial charge in [-0.15, -0.1) is 0 Å². The van der Waals surface area contributed by atoms with E-state index in [0.29, 0.717) is 25.1 Å². The van der Waals surface area contributed by atoms with Crippen molar-refractivity contribution >= 4 is 41.4 Å². The van der Waals surface area contributed by atoms with Crippen molar-refractivity contribution in [2.75, 3.05) is 25.2 Å². The number of carboxylic acid groups (broad SMARTS) is 2. The maximum atomic E-state index is 12.8. The minimum absolute atomic E-state index is 0.209. The first-order valence-electron chi connectivity index (χ1n) is 9.83. The zero-order chi connectivity index (χ0) is 23.6. The Hall–Kier alpha value is -2.38. The average Bonchev–Trinajstić information content (AvgIpc) is 3.22. The molecule has 0 spiro atoms. The predicted octanol–water partition coefficient (Wildman–Crippen LogP) is -2.03. The summed E-state index contributed by atoms with van der Waals surface area (Å²) in [6.45, 7) is -0.266. The van der Waals surface area contributed by atoms with Crippen molar-refractivity contribution < 1.29 is 39.3 Å². The van der Waals surface area contributed by atoms with E-state index >= 15 is 0 Å². The van der Waals surface area contributed by atoms with E-state index in [2.05, 4.69) is 10.6 Å². The van der Waals surface area contributed by atoms with E-state index in [1.165, 1.54) is 16.7 Å². The number of aliphatic carboxylic acids is 2. The fourth-order valence-electron chi connectivity index (χ4n) is 3.16. The fourth-order valence-corrected chi connectivity index (χ4v) is 3.64. The van der Waals surface area contributed by atoms with E-state index in [0.717, 1.165) is 0 Å². The van der Waals surface area contributed by atoms with Gasteiger partial charge in [0.05, 0.1) is 6.61 Å². The van der Waals surface area contributed by atoms with Crippen molar-refractivity contribution in [2.24, 2.45) is 5.73 Å². The number of aliphatic hydroxyl groups excluding tert-OH is 1. The summed E-state index contributed by atoms with van der Waals surface area (Å²) in [6, 6.07) is -4.47. The molecular weight excluding hydrogens is 432 g/mol. The third-order valence-corrected chi connectivity index (χ3v) is 5.50. The van der Waals surface area contributed by atoms with Gasteiger partial charge in [-0.1, -0.05) is 0 Å². The van der Waals surface area contributed by atoms with Gasteiger partial charge in [0, 0.05) is 13.0 Å². The van der Waals surface area contributed by atoms with Crippen LogP contribution in [0.1, 0.15) is 32.1 Å². The number of thioether (sulfide) groups is 1. The van der Waals surface area contributed by atoms with Crippen LogP contribution < -0.4 is 16.4 Å². The Morgan fingerprint density at radius 3 is 2.35 bits per heavy atom. The maximum Gasteiger partial charge on any atom is 0.326 e. The van der Waals surface area contributed by atoms with E-state index < -0.39 is 66.9 Å². The molecule has 1 heterocycles. The molecule has 7 N–H and O–H groups in total. The Bertz CT molecular complexity index is 677. The van der Waals surface area contributed by atoms with Gasteiger partial charge in [-0.2, -0.15) is 11.8 Å². The molecule has 1 fully saturated rings. The smallest absolute Gasteiger partial charge is 0.326 e. The summed E-state index contributed by atoms with van der Waals surface area (Å²) in [4.78, 5) is 61.1. The molecule has 0 bridgehead atoms. The topological polar surface area (TPSA) is 199 Å². The molecule has 1 aliphatic rings. The lowest BCUT2D eigenvalue weighted by molar-refractivity contribution is -0.144. The first kappa shape index (κ1) is 26.7. The lowest BCUT2D eigenvalue weighted by Crippen LogP contribution is -2.57. The second kappa shape index (κ2) is 13.1. The van der Waals surface area contributed by atoms with Gasteiger partial charge in [0.2, 0.25) is 17.7 Å². The van der Waals surface area contributed by atoms with Crippen LogP contribution >= 0.6 is 11.8 Å². The summed E-state index contributed by atoms with van der Waals surface area (Å²) in [6.07, 6.45) is 2.19. The van der Waals surface area contributed by atoms with E-state index in [1.807, 2.05) is 0 Å². The van der Waals surface area contributed by atoms with Gasteiger partial charge in [0.15, 0.2) is 0 Å². The van der Waals surface area contributed by atoms with Gasteiger partial charge in [-0.3, -0.25) is 19.2 Å². The second-order valence-electron chi connectivity index (χ2n) is 7.15. The number of likely N-dealkylation sites (tertiary alicyclic amines) is 1. The van der Waals surface area contributed by atoms with Crippen molar-refractivity contribution in [1.29, 1.82) is 0 Å².